The van der Waals surface area contributed by atoms with Gasteiger partial charge in [0.05, 0.1) is 23.4 Å². The Morgan fingerprint density at radius 2 is 2.21 bits per heavy atom. The SMILES string of the molecule is CCOc1nc2ccc(OCC3CCC3)c(F)c2s1. The van der Waals surface area contributed by atoms with Gasteiger partial charge in [0.2, 0.25) is 0 Å². The second kappa shape index (κ2) is 5.33. The first-order chi connectivity index (χ1) is 9.28. The van der Waals surface area contributed by atoms with Crippen molar-refractivity contribution in [3.63, 3.8) is 0 Å². The average Bonchev–Trinajstić information content (AvgIpc) is 2.74. The van der Waals surface area contributed by atoms with Gasteiger partial charge in [-0.05, 0) is 37.8 Å². The Balaban J connectivity index is 1.82. The number of thiazole rings is 1. The van der Waals surface area contributed by atoms with Crippen molar-refractivity contribution < 1.29 is 13.9 Å². The molecule has 0 spiro atoms. The monoisotopic (exact) mass is 281 g/mol. The van der Waals surface area contributed by atoms with E-state index < -0.39 is 0 Å². The molecule has 5 heteroatoms. The first-order valence-electron chi connectivity index (χ1n) is 6.62. The van der Waals surface area contributed by atoms with Crippen molar-refractivity contribution in [2.45, 2.75) is 26.2 Å². The van der Waals surface area contributed by atoms with Crippen LogP contribution >= 0.6 is 11.3 Å². The van der Waals surface area contributed by atoms with Crippen molar-refractivity contribution in [3.05, 3.63) is 17.9 Å². The molecular formula is C14H16FNO2S. The molecule has 3 rings (SSSR count). The lowest BCUT2D eigenvalue weighted by atomic mass is 9.86. The standard InChI is InChI=1S/C14H16FNO2S/c1-2-17-14-16-10-6-7-11(12(15)13(10)19-14)18-8-9-4-3-5-9/h6-7,9H,2-5,8H2,1H3. The van der Waals surface area contributed by atoms with Gasteiger partial charge in [0.1, 0.15) is 0 Å². The molecule has 0 amide bonds. The summed E-state index contributed by atoms with van der Waals surface area (Å²) in [5, 5.41) is 0.507. The van der Waals surface area contributed by atoms with E-state index >= 15 is 0 Å². The maximum atomic E-state index is 14.3. The summed E-state index contributed by atoms with van der Waals surface area (Å²) < 4.78 is 25.7. The minimum Gasteiger partial charge on any atom is -0.490 e. The molecule has 1 aromatic heterocycles. The summed E-state index contributed by atoms with van der Waals surface area (Å²) in [6.07, 6.45) is 3.65. The number of rotatable bonds is 5. The Morgan fingerprint density at radius 1 is 1.37 bits per heavy atom. The van der Waals surface area contributed by atoms with Gasteiger partial charge in [0.25, 0.3) is 5.19 Å². The molecule has 0 aliphatic heterocycles. The Hall–Kier alpha value is -1.36. The molecule has 3 nitrogen and oxygen atoms in total. The van der Waals surface area contributed by atoms with E-state index in [-0.39, 0.29) is 5.82 Å². The maximum Gasteiger partial charge on any atom is 0.274 e. The molecule has 0 saturated heterocycles. The number of hydrogen-bond donors (Lipinski definition) is 0. The molecule has 1 aliphatic rings. The second-order valence-electron chi connectivity index (χ2n) is 4.75. The van der Waals surface area contributed by atoms with E-state index in [1.165, 1.54) is 30.6 Å². The number of aromatic nitrogens is 1. The largest absolute Gasteiger partial charge is 0.490 e. The van der Waals surface area contributed by atoms with Crippen LogP contribution in [0.3, 0.4) is 0 Å². The van der Waals surface area contributed by atoms with Crippen LogP contribution in [-0.4, -0.2) is 18.2 Å². The molecule has 102 valence electrons. The van der Waals surface area contributed by atoms with Crippen LogP contribution in [0.5, 0.6) is 10.9 Å². The topological polar surface area (TPSA) is 31.4 Å². The number of ether oxygens (including phenoxy) is 2. The molecule has 0 radical (unpaired) electrons. The average molecular weight is 281 g/mol. The normalized spacial score (nSPS) is 15.5. The molecule has 1 heterocycles. The molecular weight excluding hydrogens is 265 g/mol. The maximum absolute atomic E-state index is 14.3. The van der Waals surface area contributed by atoms with Crippen LogP contribution in [0.15, 0.2) is 12.1 Å². The number of hydrogen-bond acceptors (Lipinski definition) is 4. The van der Waals surface area contributed by atoms with Crippen LogP contribution in [-0.2, 0) is 0 Å². The van der Waals surface area contributed by atoms with E-state index in [1.807, 2.05) is 6.92 Å². The van der Waals surface area contributed by atoms with E-state index in [2.05, 4.69) is 4.98 Å². The highest BCUT2D eigenvalue weighted by atomic mass is 32.1. The molecule has 0 unspecified atom stereocenters. The van der Waals surface area contributed by atoms with Gasteiger partial charge in [-0.2, -0.15) is 0 Å². The number of nitrogens with zero attached hydrogens (tertiary/aromatic N) is 1. The quantitative estimate of drug-likeness (QED) is 0.829. The fourth-order valence-corrected chi connectivity index (χ4v) is 2.99. The minimum absolute atomic E-state index is 0.319. The number of halogens is 1. The van der Waals surface area contributed by atoms with Crippen LogP contribution in [0.25, 0.3) is 10.2 Å². The van der Waals surface area contributed by atoms with Gasteiger partial charge in [0.15, 0.2) is 11.6 Å². The Morgan fingerprint density at radius 3 is 2.89 bits per heavy atom. The van der Waals surface area contributed by atoms with Crippen LogP contribution in [0.4, 0.5) is 4.39 Å². The zero-order valence-corrected chi connectivity index (χ0v) is 11.6. The van der Waals surface area contributed by atoms with Crippen molar-refractivity contribution >= 4 is 21.6 Å². The summed E-state index contributed by atoms with van der Waals surface area (Å²) >= 11 is 1.23. The summed E-state index contributed by atoms with van der Waals surface area (Å²) in [6, 6.07) is 3.44. The highest BCUT2D eigenvalue weighted by molar-refractivity contribution is 7.20. The van der Waals surface area contributed by atoms with Crippen molar-refractivity contribution in [3.8, 4) is 10.9 Å². The fourth-order valence-electron chi connectivity index (χ4n) is 2.09. The first-order valence-corrected chi connectivity index (χ1v) is 7.44. The van der Waals surface area contributed by atoms with Crippen LogP contribution in [0.2, 0.25) is 0 Å². The second-order valence-corrected chi connectivity index (χ2v) is 5.71. The van der Waals surface area contributed by atoms with Gasteiger partial charge < -0.3 is 9.47 Å². The van der Waals surface area contributed by atoms with Crippen molar-refractivity contribution in [1.82, 2.24) is 4.98 Å². The zero-order chi connectivity index (χ0) is 13.2. The van der Waals surface area contributed by atoms with Gasteiger partial charge in [0, 0.05) is 0 Å². The molecule has 0 atom stereocenters. The molecule has 1 aliphatic carbocycles. The van der Waals surface area contributed by atoms with E-state index in [0.29, 0.717) is 40.3 Å². The van der Waals surface area contributed by atoms with E-state index in [4.69, 9.17) is 9.47 Å². The summed E-state index contributed by atoms with van der Waals surface area (Å²) in [5.74, 6) is 0.599. The predicted octanol–water partition coefficient (Wildman–Crippen LogP) is 4.01. The van der Waals surface area contributed by atoms with Gasteiger partial charge in [-0.15, -0.1) is 0 Å². The molecule has 0 N–H and O–H groups in total. The lowest BCUT2D eigenvalue weighted by Crippen LogP contribution is -2.19. The van der Waals surface area contributed by atoms with Gasteiger partial charge in [-0.1, -0.05) is 17.8 Å². The molecule has 1 saturated carbocycles. The highest BCUT2D eigenvalue weighted by Crippen LogP contribution is 2.35. The van der Waals surface area contributed by atoms with E-state index in [1.54, 1.807) is 12.1 Å². The third kappa shape index (κ3) is 2.52. The molecule has 19 heavy (non-hydrogen) atoms. The van der Waals surface area contributed by atoms with E-state index in [9.17, 15) is 4.39 Å². The Labute approximate surface area is 115 Å². The lowest BCUT2D eigenvalue weighted by molar-refractivity contribution is 0.176. The summed E-state index contributed by atoms with van der Waals surface area (Å²) in [5.41, 5.74) is 0.627. The minimum atomic E-state index is -0.319. The zero-order valence-electron chi connectivity index (χ0n) is 10.8. The molecule has 1 fully saturated rings. The van der Waals surface area contributed by atoms with Crippen LogP contribution in [0.1, 0.15) is 26.2 Å². The van der Waals surface area contributed by atoms with Crippen molar-refractivity contribution in [2.24, 2.45) is 5.92 Å². The van der Waals surface area contributed by atoms with Gasteiger partial charge >= 0.3 is 0 Å². The third-order valence-corrected chi connectivity index (χ3v) is 4.39. The van der Waals surface area contributed by atoms with Gasteiger partial charge in [-0.3, -0.25) is 0 Å². The summed E-state index contributed by atoms with van der Waals surface area (Å²) in [6.45, 7) is 3.03. The third-order valence-electron chi connectivity index (χ3n) is 3.41. The number of benzene rings is 1. The summed E-state index contributed by atoms with van der Waals surface area (Å²) in [7, 11) is 0. The number of fused-ring (bicyclic) bond motifs is 1. The Kier molecular flexibility index (Phi) is 3.55. The molecule has 2 aromatic rings. The van der Waals surface area contributed by atoms with Crippen molar-refractivity contribution in [2.75, 3.05) is 13.2 Å². The van der Waals surface area contributed by atoms with Crippen LogP contribution < -0.4 is 9.47 Å². The highest BCUT2D eigenvalue weighted by Gasteiger charge is 2.20. The smallest absolute Gasteiger partial charge is 0.274 e. The molecule has 1 aromatic carbocycles. The summed E-state index contributed by atoms with van der Waals surface area (Å²) in [4.78, 5) is 4.23. The first kappa shape index (κ1) is 12.7. The van der Waals surface area contributed by atoms with E-state index in [0.717, 1.165) is 0 Å². The van der Waals surface area contributed by atoms with Gasteiger partial charge in [-0.25, -0.2) is 9.37 Å². The predicted molar refractivity (Wildman–Crippen MR) is 73.6 cm³/mol. The van der Waals surface area contributed by atoms with Crippen molar-refractivity contribution in [1.29, 1.82) is 0 Å². The van der Waals surface area contributed by atoms with Crippen LogP contribution in [0, 0.1) is 11.7 Å². The molecule has 0 bridgehead atoms. The lowest BCUT2D eigenvalue weighted by Gasteiger charge is -2.25. The fraction of sp³-hybridized carbons (Fsp3) is 0.500. The Bertz CT molecular complexity index is 580.